The molecular formula is C10H10N2O4. The van der Waals surface area contributed by atoms with E-state index in [1.54, 1.807) is 0 Å². The monoisotopic (exact) mass is 222 g/mol. The molecule has 16 heavy (non-hydrogen) atoms. The normalized spacial score (nSPS) is 41.5. The molecular weight excluding hydrogens is 212 g/mol. The van der Waals surface area contributed by atoms with Crippen molar-refractivity contribution in [3.8, 4) is 0 Å². The summed E-state index contributed by atoms with van der Waals surface area (Å²) in [7, 11) is 0. The highest BCUT2D eigenvalue weighted by molar-refractivity contribution is 6.09. The van der Waals surface area contributed by atoms with Crippen LogP contribution in [0.3, 0.4) is 0 Å². The van der Waals surface area contributed by atoms with Gasteiger partial charge in [-0.25, -0.2) is 0 Å². The summed E-state index contributed by atoms with van der Waals surface area (Å²) in [5.41, 5.74) is 0. The number of nitrogens with one attached hydrogen (secondary N) is 2. The van der Waals surface area contributed by atoms with Gasteiger partial charge in [-0.15, -0.1) is 0 Å². The number of amides is 4. The molecule has 2 aliphatic heterocycles. The summed E-state index contributed by atoms with van der Waals surface area (Å²) in [6.07, 6.45) is 0.620. The van der Waals surface area contributed by atoms with Gasteiger partial charge in [0.05, 0.1) is 23.7 Å². The Bertz CT molecular complexity index is 355. The van der Waals surface area contributed by atoms with Gasteiger partial charge in [0.2, 0.25) is 23.6 Å². The average Bonchev–Trinajstić information content (AvgIpc) is 2.67. The molecule has 0 aromatic carbocycles. The van der Waals surface area contributed by atoms with Crippen LogP contribution < -0.4 is 10.6 Å². The van der Waals surface area contributed by atoms with E-state index in [0.29, 0.717) is 12.8 Å². The predicted molar refractivity (Wildman–Crippen MR) is 49.5 cm³/mol. The van der Waals surface area contributed by atoms with Crippen molar-refractivity contribution in [1.29, 1.82) is 0 Å². The fourth-order valence-corrected chi connectivity index (χ4v) is 2.98. The van der Waals surface area contributed by atoms with Crippen molar-refractivity contribution in [2.24, 2.45) is 23.7 Å². The number of carbonyl (C=O) groups is 4. The van der Waals surface area contributed by atoms with E-state index >= 15 is 0 Å². The zero-order chi connectivity index (χ0) is 11.4. The van der Waals surface area contributed by atoms with Crippen LogP contribution in [0.15, 0.2) is 0 Å². The minimum atomic E-state index is -0.426. The molecule has 3 fully saturated rings. The van der Waals surface area contributed by atoms with Gasteiger partial charge in [-0.3, -0.25) is 29.8 Å². The maximum Gasteiger partial charge on any atom is 0.230 e. The zero-order valence-corrected chi connectivity index (χ0v) is 8.36. The van der Waals surface area contributed by atoms with Gasteiger partial charge in [0.15, 0.2) is 0 Å². The molecule has 1 aliphatic carbocycles. The first-order valence-electron chi connectivity index (χ1n) is 5.27. The molecule has 6 heteroatoms. The van der Waals surface area contributed by atoms with Crippen LogP contribution in [0, 0.1) is 23.7 Å². The van der Waals surface area contributed by atoms with E-state index in [4.69, 9.17) is 0 Å². The van der Waals surface area contributed by atoms with Crippen LogP contribution >= 0.6 is 0 Å². The standard InChI is InChI=1S/C10H10N2O4/c13-7-3-1-4-6(10(16)12-8(4)14)2-5(3)9(15)11-7/h3-6H,1-2H2,(H,11,13,15)(H,12,14,16). The van der Waals surface area contributed by atoms with Crippen LogP contribution in [-0.4, -0.2) is 23.6 Å². The van der Waals surface area contributed by atoms with Crippen molar-refractivity contribution in [2.75, 3.05) is 0 Å². The predicted octanol–water partition coefficient (Wildman–Crippen LogP) is -1.44. The van der Waals surface area contributed by atoms with Gasteiger partial charge in [-0.05, 0) is 12.8 Å². The lowest BCUT2D eigenvalue weighted by molar-refractivity contribution is -0.129. The van der Waals surface area contributed by atoms with E-state index < -0.39 is 23.7 Å². The van der Waals surface area contributed by atoms with Gasteiger partial charge >= 0.3 is 0 Å². The average molecular weight is 222 g/mol. The van der Waals surface area contributed by atoms with Crippen molar-refractivity contribution in [3.05, 3.63) is 0 Å². The molecule has 0 radical (unpaired) electrons. The second-order valence-electron chi connectivity index (χ2n) is 4.60. The number of hydrogen-bond donors (Lipinski definition) is 2. The Morgan fingerprint density at radius 2 is 0.875 bits per heavy atom. The molecule has 0 aromatic heterocycles. The van der Waals surface area contributed by atoms with Crippen LogP contribution in [0.2, 0.25) is 0 Å². The Kier molecular flexibility index (Phi) is 1.72. The number of hydrogen-bond acceptors (Lipinski definition) is 4. The molecule has 2 heterocycles. The second kappa shape index (κ2) is 2.90. The number of imide groups is 2. The SMILES string of the molecule is O=C1NC(=O)C2CC3C(=O)NC(=O)C3CC12. The van der Waals surface area contributed by atoms with Gasteiger partial charge in [0.25, 0.3) is 0 Å². The topological polar surface area (TPSA) is 92.3 Å². The number of carbonyl (C=O) groups excluding carboxylic acids is 4. The van der Waals surface area contributed by atoms with E-state index in [2.05, 4.69) is 10.6 Å². The molecule has 2 N–H and O–H groups in total. The Morgan fingerprint density at radius 3 is 1.12 bits per heavy atom. The molecule has 2 saturated heterocycles. The lowest BCUT2D eigenvalue weighted by atomic mass is 9.70. The van der Waals surface area contributed by atoms with Crippen molar-refractivity contribution in [2.45, 2.75) is 12.8 Å². The number of rotatable bonds is 0. The van der Waals surface area contributed by atoms with Crippen molar-refractivity contribution in [3.63, 3.8) is 0 Å². The minimum absolute atomic E-state index is 0.305. The van der Waals surface area contributed by atoms with Crippen LogP contribution in [0.25, 0.3) is 0 Å². The van der Waals surface area contributed by atoms with E-state index in [1.807, 2.05) is 0 Å². The lowest BCUT2D eigenvalue weighted by Gasteiger charge is -2.28. The first kappa shape index (κ1) is 9.50. The molecule has 84 valence electrons. The largest absolute Gasteiger partial charge is 0.296 e. The van der Waals surface area contributed by atoms with E-state index in [-0.39, 0.29) is 23.6 Å². The molecule has 0 aromatic rings. The summed E-state index contributed by atoms with van der Waals surface area (Å²) in [4.78, 5) is 45.8. The Morgan fingerprint density at radius 1 is 0.625 bits per heavy atom. The van der Waals surface area contributed by atoms with Gasteiger partial charge in [0, 0.05) is 0 Å². The molecule has 0 bridgehead atoms. The lowest BCUT2D eigenvalue weighted by Crippen LogP contribution is -2.35. The molecule has 4 amide bonds. The van der Waals surface area contributed by atoms with Crippen molar-refractivity contribution >= 4 is 23.6 Å². The highest BCUT2D eigenvalue weighted by Crippen LogP contribution is 2.43. The Hall–Kier alpha value is -1.72. The number of fused-ring (bicyclic) bond motifs is 2. The fourth-order valence-electron chi connectivity index (χ4n) is 2.98. The summed E-state index contributed by atoms with van der Waals surface area (Å²) < 4.78 is 0. The molecule has 6 nitrogen and oxygen atoms in total. The highest BCUT2D eigenvalue weighted by atomic mass is 16.2. The quantitative estimate of drug-likeness (QED) is 0.491. The van der Waals surface area contributed by atoms with Crippen LogP contribution in [0.5, 0.6) is 0 Å². The minimum Gasteiger partial charge on any atom is -0.296 e. The van der Waals surface area contributed by atoms with Gasteiger partial charge in [-0.1, -0.05) is 0 Å². The summed E-state index contributed by atoms with van der Waals surface area (Å²) >= 11 is 0. The fraction of sp³-hybridized carbons (Fsp3) is 0.600. The molecule has 4 unspecified atom stereocenters. The van der Waals surface area contributed by atoms with E-state index in [9.17, 15) is 19.2 Å². The van der Waals surface area contributed by atoms with Gasteiger partial charge < -0.3 is 0 Å². The van der Waals surface area contributed by atoms with Crippen molar-refractivity contribution in [1.82, 2.24) is 10.6 Å². The van der Waals surface area contributed by atoms with E-state index in [1.165, 1.54) is 0 Å². The smallest absolute Gasteiger partial charge is 0.230 e. The molecule has 3 rings (SSSR count). The third-order valence-corrected chi connectivity index (χ3v) is 3.83. The van der Waals surface area contributed by atoms with Gasteiger partial charge in [-0.2, -0.15) is 0 Å². The molecule has 3 aliphatic rings. The summed E-state index contributed by atoms with van der Waals surface area (Å²) in [5.74, 6) is -2.92. The first-order valence-corrected chi connectivity index (χ1v) is 5.27. The Balaban J connectivity index is 1.92. The third kappa shape index (κ3) is 1.07. The molecule has 1 saturated carbocycles. The molecule has 0 spiro atoms. The zero-order valence-electron chi connectivity index (χ0n) is 8.36. The third-order valence-electron chi connectivity index (χ3n) is 3.83. The van der Waals surface area contributed by atoms with Gasteiger partial charge in [0.1, 0.15) is 0 Å². The van der Waals surface area contributed by atoms with Crippen LogP contribution in [0.4, 0.5) is 0 Å². The Labute approximate surface area is 90.8 Å². The first-order chi connectivity index (χ1) is 7.58. The second-order valence-corrected chi connectivity index (χ2v) is 4.60. The van der Waals surface area contributed by atoms with Crippen molar-refractivity contribution < 1.29 is 19.2 Å². The summed E-state index contributed by atoms with van der Waals surface area (Å²) in [6, 6.07) is 0. The summed E-state index contributed by atoms with van der Waals surface area (Å²) in [6.45, 7) is 0. The maximum absolute atomic E-state index is 11.4. The van der Waals surface area contributed by atoms with Crippen LogP contribution in [-0.2, 0) is 19.2 Å². The maximum atomic E-state index is 11.4. The highest BCUT2D eigenvalue weighted by Gasteiger charge is 2.54. The van der Waals surface area contributed by atoms with Crippen LogP contribution in [0.1, 0.15) is 12.8 Å². The summed E-state index contributed by atoms with van der Waals surface area (Å²) in [5, 5.41) is 4.51. The van der Waals surface area contributed by atoms with E-state index in [0.717, 1.165) is 0 Å². The molecule has 4 atom stereocenters.